The van der Waals surface area contributed by atoms with Crippen molar-refractivity contribution in [2.75, 3.05) is 6.54 Å². The van der Waals surface area contributed by atoms with Crippen LogP contribution in [-0.2, 0) is 17.8 Å². The van der Waals surface area contributed by atoms with E-state index < -0.39 is 12.2 Å². The van der Waals surface area contributed by atoms with Crippen LogP contribution in [0.25, 0.3) is 0 Å². The fourth-order valence-corrected chi connectivity index (χ4v) is 1.94. The minimum atomic E-state index is -0.755. The number of hydrogen-bond donors (Lipinski definition) is 2. The van der Waals surface area contributed by atoms with E-state index in [1.165, 1.54) is 12.1 Å². The molecule has 0 aliphatic heterocycles. The molecule has 5 heteroatoms. The van der Waals surface area contributed by atoms with E-state index in [0.29, 0.717) is 6.42 Å². The number of amides is 1. The Kier molecular flexibility index (Phi) is 5.91. The normalized spacial score (nSPS) is 11.7. The lowest BCUT2D eigenvalue weighted by atomic mass is 10.1. The van der Waals surface area contributed by atoms with Crippen LogP contribution in [0, 0.1) is 5.82 Å². The van der Waals surface area contributed by atoms with Gasteiger partial charge in [0.2, 0.25) is 0 Å². The smallest absolute Gasteiger partial charge is 0.407 e. The van der Waals surface area contributed by atoms with Crippen molar-refractivity contribution in [1.29, 1.82) is 0 Å². The maximum Gasteiger partial charge on any atom is 0.407 e. The predicted octanol–water partition coefficient (Wildman–Crippen LogP) is 2.66. The average Bonchev–Trinajstić information content (AvgIpc) is 2.54. The van der Waals surface area contributed by atoms with Crippen LogP contribution in [0.1, 0.15) is 11.1 Å². The first-order chi connectivity index (χ1) is 10.6. The van der Waals surface area contributed by atoms with Gasteiger partial charge in [-0.05, 0) is 23.3 Å². The van der Waals surface area contributed by atoms with Gasteiger partial charge in [-0.15, -0.1) is 0 Å². The molecule has 4 nitrogen and oxygen atoms in total. The number of benzene rings is 2. The summed E-state index contributed by atoms with van der Waals surface area (Å²) in [6.45, 7) is 0.256. The Morgan fingerprint density at radius 1 is 1.09 bits per heavy atom. The third kappa shape index (κ3) is 5.54. The molecule has 0 aromatic heterocycles. The second-order valence-electron chi connectivity index (χ2n) is 4.93. The number of hydrogen-bond acceptors (Lipinski definition) is 3. The summed E-state index contributed by atoms with van der Waals surface area (Å²) in [5.74, 6) is -0.319. The molecule has 0 heterocycles. The fourth-order valence-electron chi connectivity index (χ4n) is 1.94. The molecule has 2 N–H and O–H groups in total. The Labute approximate surface area is 128 Å². The molecule has 0 saturated carbocycles. The van der Waals surface area contributed by atoms with Crippen LogP contribution < -0.4 is 5.32 Å². The van der Waals surface area contributed by atoms with Gasteiger partial charge in [-0.1, -0.05) is 42.5 Å². The molecule has 116 valence electrons. The molecule has 2 aromatic rings. The maximum atomic E-state index is 12.8. The Morgan fingerprint density at radius 2 is 1.77 bits per heavy atom. The lowest BCUT2D eigenvalue weighted by Gasteiger charge is -2.12. The second-order valence-corrected chi connectivity index (χ2v) is 4.93. The summed E-state index contributed by atoms with van der Waals surface area (Å²) < 4.78 is 17.8. The maximum absolute atomic E-state index is 12.8. The summed E-state index contributed by atoms with van der Waals surface area (Å²) in [6, 6.07) is 15.2. The van der Waals surface area contributed by atoms with Crippen LogP contribution in [0.4, 0.5) is 9.18 Å². The first kappa shape index (κ1) is 16.0. The lowest BCUT2D eigenvalue weighted by Crippen LogP contribution is -2.33. The van der Waals surface area contributed by atoms with Gasteiger partial charge in [-0.3, -0.25) is 0 Å². The molecule has 22 heavy (non-hydrogen) atoms. The van der Waals surface area contributed by atoms with E-state index in [2.05, 4.69) is 5.32 Å². The molecule has 0 radical (unpaired) electrons. The number of aliphatic hydroxyl groups excluding tert-OH is 1. The molecule has 2 rings (SSSR count). The van der Waals surface area contributed by atoms with Crippen LogP contribution in [0.2, 0.25) is 0 Å². The summed E-state index contributed by atoms with van der Waals surface area (Å²) >= 11 is 0. The van der Waals surface area contributed by atoms with E-state index in [1.54, 1.807) is 12.1 Å². The van der Waals surface area contributed by atoms with Gasteiger partial charge in [0, 0.05) is 13.0 Å². The predicted molar refractivity (Wildman–Crippen MR) is 80.7 cm³/mol. The van der Waals surface area contributed by atoms with Crippen molar-refractivity contribution in [3.63, 3.8) is 0 Å². The van der Waals surface area contributed by atoms with E-state index in [1.807, 2.05) is 30.3 Å². The molecule has 1 atom stereocenters. The third-order valence-electron chi connectivity index (χ3n) is 3.08. The van der Waals surface area contributed by atoms with Crippen molar-refractivity contribution in [2.24, 2.45) is 0 Å². The molecule has 2 aromatic carbocycles. The Bertz CT molecular complexity index is 587. The largest absolute Gasteiger partial charge is 0.445 e. The number of carbonyl (C=O) groups excluding carboxylic acids is 1. The van der Waals surface area contributed by atoms with Crippen molar-refractivity contribution >= 4 is 6.09 Å². The Morgan fingerprint density at radius 3 is 2.45 bits per heavy atom. The third-order valence-corrected chi connectivity index (χ3v) is 3.08. The van der Waals surface area contributed by atoms with Gasteiger partial charge < -0.3 is 15.2 Å². The number of alkyl carbamates (subject to hydrolysis) is 1. The second kappa shape index (κ2) is 8.14. The highest BCUT2D eigenvalue weighted by atomic mass is 19.1. The van der Waals surface area contributed by atoms with E-state index in [0.717, 1.165) is 11.1 Å². The van der Waals surface area contributed by atoms with Crippen LogP contribution in [0.15, 0.2) is 54.6 Å². The van der Waals surface area contributed by atoms with Crippen LogP contribution >= 0.6 is 0 Å². The molecule has 0 aliphatic carbocycles. The van der Waals surface area contributed by atoms with E-state index in [9.17, 15) is 14.3 Å². The number of halogens is 1. The van der Waals surface area contributed by atoms with Gasteiger partial charge in [0.1, 0.15) is 12.4 Å². The Hall–Kier alpha value is -2.40. The molecule has 0 bridgehead atoms. The molecule has 1 amide bonds. The fraction of sp³-hybridized carbons (Fsp3) is 0.235. The van der Waals surface area contributed by atoms with Crippen LogP contribution in [-0.4, -0.2) is 23.8 Å². The lowest BCUT2D eigenvalue weighted by molar-refractivity contribution is 0.125. The summed E-state index contributed by atoms with van der Waals surface area (Å²) in [4.78, 5) is 11.5. The van der Waals surface area contributed by atoms with E-state index >= 15 is 0 Å². The van der Waals surface area contributed by atoms with E-state index in [4.69, 9.17) is 4.74 Å². The highest BCUT2D eigenvalue weighted by Gasteiger charge is 2.09. The number of aliphatic hydroxyl groups is 1. The molecule has 0 aliphatic rings. The first-order valence-corrected chi connectivity index (χ1v) is 7.00. The van der Waals surface area contributed by atoms with E-state index in [-0.39, 0.29) is 19.0 Å². The standard InChI is InChI=1S/C17H18FNO3/c18-15-8-6-13(7-9-15)10-16(20)11-19-17(21)22-12-14-4-2-1-3-5-14/h1-9,16,20H,10-12H2,(H,19,21). The topological polar surface area (TPSA) is 58.6 Å². The number of ether oxygens (including phenoxy) is 1. The summed E-state index contributed by atoms with van der Waals surface area (Å²) in [5, 5.41) is 12.3. The van der Waals surface area contributed by atoms with Gasteiger partial charge in [-0.25, -0.2) is 9.18 Å². The molecule has 0 fully saturated rings. The zero-order valence-corrected chi connectivity index (χ0v) is 12.0. The van der Waals surface area contributed by atoms with Gasteiger partial charge in [0.15, 0.2) is 0 Å². The summed E-state index contributed by atoms with van der Waals surface area (Å²) in [5.41, 5.74) is 1.69. The van der Waals surface area contributed by atoms with Gasteiger partial charge in [0.05, 0.1) is 6.10 Å². The minimum absolute atomic E-state index is 0.0744. The number of carbonyl (C=O) groups is 1. The van der Waals surface area contributed by atoms with Crippen molar-refractivity contribution in [3.05, 3.63) is 71.5 Å². The molecule has 1 unspecified atom stereocenters. The van der Waals surface area contributed by atoms with Gasteiger partial charge in [0.25, 0.3) is 0 Å². The first-order valence-electron chi connectivity index (χ1n) is 7.00. The van der Waals surface area contributed by atoms with Gasteiger partial charge in [-0.2, -0.15) is 0 Å². The van der Waals surface area contributed by atoms with Crippen LogP contribution in [0.5, 0.6) is 0 Å². The molecule has 0 saturated heterocycles. The molecular weight excluding hydrogens is 285 g/mol. The van der Waals surface area contributed by atoms with Crippen molar-refractivity contribution in [1.82, 2.24) is 5.32 Å². The Balaban J connectivity index is 1.68. The van der Waals surface area contributed by atoms with Gasteiger partial charge >= 0.3 is 6.09 Å². The van der Waals surface area contributed by atoms with Crippen molar-refractivity contribution < 1.29 is 19.0 Å². The molecular formula is C17H18FNO3. The molecule has 0 spiro atoms. The summed E-state index contributed by atoms with van der Waals surface area (Å²) in [6.07, 6.45) is -1.00. The SMILES string of the molecule is O=C(NCC(O)Cc1ccc(F)cc1)OCc1ccccc1. The monoisotopic (exact) mass is 303 g/mol. The average molecular weight is 303 g/mol. The van der Waals surface area contributed by atoms with Crippen molar-refractivity contribution in [3.8, 4) is 0 Å². The quantitative estimate of drug-likeness (QED) is 0.862. The number of nitrogens with one attached hydrogen (secondary N) is 1. The zero-order chi connectivity index (χ0) is 15.8. The highest BCUT2D eigenvalue weighted by Crippen LogP contribution is 2.06. The number of rotatable bonds is 6. The highest BCUT2D eigenvalue weighted by molar-refractivity contribution is 5.67. The minimum Gasteiger partial charge on any atom is -0.445 e. The van der Waals surface area contributed by atoms with Crippen LogP contribution in [0.3, 0.4) is 0 Å². The zero-order valence-electron chi connectivity index (χ0n) is 12.0. The van der Waals surface area contributed by atoms with Crippen molar-refractivity contribution in [2.45, 2.75) is 19.1 Å². The summed E-state index contributed by atoms with van der Waals surface area (Å²) in [7, 11) is 0.